The van der Waals surface area contributed by atoms with Crippen LogP contribution in [0.2, 0.25) is 0 Å². The van der Waals surface area contributed by atoms with Crippen molar-refractivity contribution in [1.82, 2.24) is 10.9 Å². The monoisotopic (exact) mass is 420 g/mol. The van der Waals surface area contributed by atoms with Crippen LogP contribution < -0.4 is 15.6 Å². The van der Waals surface area contributed by atoms with Gasteiger partial charge in [-0.1, -0.05) is 35.0 Å². The summed E-state index contributed by atoms with van der Waals surface area (Å²) in [6.45, 7) is 1.77. The molecule has 0 aliphatic heterocycles. The standard InChI is InChI=1S/C18H17BrN2O5/c1-2-15(26-12-9-7-11(19)8-10-12)17(23)21-20-16(22)13-5-3-4-6-14(13)18(24)25/h3-10,15H,2H2,1H3,(H,20,22)(H,21,23)(H,24,25)/t15-/m1/s1. The Labute approximate surface area is 158 Å². The minimum Gasteiger partial charge on any atom is -0.481 e. The van der Waals surface area contributed by atoms with Gasteiger partial charge in [-0.2, -0.15) is 0 Å². The Morgan fingerprint density at radius 1 is 1.04 bits per heavy atom. The van der Waals surface area contributed by atoms with Gasteiger partial charge < -0.3 is 9.84 Å². The molecule has 3 N–H and O–H groups in total. The quantitative estimate of drug-likeness (QED) is 0.623. The molecule has 0 saturated carbocycles. The van der Waals surface area contributed by atoms with Gasteiger partial charge >= 0.3 is 5.97 Å². The maximum Gasteiger partial charge on any atom is 0.336 e. The van der Waals surface area contributed by atoms with E-state index in [1.165, 1.54) is 24.3 Å². The largest absolute Gasteiger partial charge is 0.481 e. The molecule has 0 radical (unpaired) electrons. The highest BCUT2D eigenvalue weighted by Crippen LogP contribution is 2.18. The number of carboxylic acids is 1. The number of halogens is 1. The lowest BCUT2D eigenvalue weighted by molar-refractivity contribution is -0.128. The SMILES string of the molecule is CC[C@@H](Oc1ccc(Br)cc1)C(=O)NNC(=O)c1ccccc1C(=O)O. The number of hydrogen-bond donors (Lipinski definition) is 3. The number of nitrogens with one attached hydrogen (secondary N) is 2. The van der Waals surface area contributed by atoms with Gasteiger partial charge in [-0.15, -0.1) is 0 Å². The van der Waals surface area contributed by atoms with Crippen LogP contribution in [0.15, 0.2) is 53.0 Å². The summed E-state index contributed by atoms with van der Waals surface area (Å²) in [7, 11) is 0. The fourth-order valence-electron chi connectivity index (χ4n) is 2.13. The molecule has 1 atom stereocenters. The molecule has 0 saturated heterocycles. The number of hydrazine groups is 1. The molecule has 0 unspecified atom stereocenters. The van der Waals surface area contributed by atoms with Crippen LogP contribution in [-0.4, -0.2) is 29.0 Å². The van der Waals surface area contributed by atoms with E-state index in [2.05, 4.69) is 26.8 Å². The third kappa shape index (κ3) is 5.06. The molecular formula is C18H17BrN2O5. The number of rotatable bonds is 6. The highest BCUT2D eigenvalue weighted by Gasteiger charge is 2.21. The van der Waals surface area contributed by atoms with E-state index in [4.69, 9.17) is 9.84 Å². The second kappa shape index (κ2) is 9.00. The van der Waals surface area contributed by atoms with Gasteiger partial charge in [0.25, 0.3) is 11.8 Å². The van der Waals surface area contributed by atoms with Gasteiger partial charge in [0.05, 0.1) is 11.1 Å². The normalized spacial score (nSPS) is 11.3. The summed E-state index contributed by atoms with van der Waals surface area (Å²) in [5.41, 5.74) is 4.27. The Hall–Kier alpha value is -2.87. The summed E-state index contributed by atoms with van der Waals surface area (Å²) in [6, 6.07) is 12.7. The van der Waals surface area contributed by atoms with Crippen LogP contribution in [0.25, 0.3) is 0 Å². The fraction of sp³-hybridized carbons (Fsp3) is 0.167. The van der Waals surface area contributed by atoms with E-state index < -0.39 is 23.9 Å². The zero-order valence-electron chi connectivity index (χ0n) is 13.9. The smallest absolute Gasteiger partial charge is 0.336 e. The van der Waals surface area contributed by atoms with Crippen LogP contribution in [0.5, 0.6) is 5.75 Å². The maximum absolute atomic E-state index is 12.2. The number of benzene rings is 2. The molecule has 2 rings (SSSR count). The summed E-state index contributed by atoms with van der Waals surface area (Å²) < 4.78 is 6.48. The van der Waals surface area contributed by atoms with Gasteiger partial charge in [0.1, 0.15) is 5.75 Å². The molecule has 136 valence electrons. The maximum atomic E-state index is 12.2. The molecule has 26 heavy (non-hydrogen) atoms. The minimum absolute atomic E-state index is 0.0535. The van der Waals surface area contributed by atoms with Gasteiger partial charge in [-0.25, -0.2) is 4.79 Å². The van der Waals surface area contributed by atoms with Crippen molar-refractivity contribution in [1.29, 1.82) is 0 Å². The first-order chi connectivity index (χ1) is 12.4. The average molecular weight is 421 g/mol. The first-order valence-corrected chi connectivity index (χ1v) is 8.56. The first kappa shape index (κ1) is 19.5. The summed E-state index contributed by atoms with van der Waals surface area (Å²) in [6.07, 6.45) is -0.435. The average Bonchev–Trinajstić information content (AvgIpc) is 2.65. The van der Waals surface area contributed by atoms with Crippen molar-refractivity contribution in [2.75, 3.05) is 0 Å². The topological polar surface area (TPSA) is 105 Å². The first-order valence-electron chi connectivity index (χ1n) is 7.77. The van der Waals surface area contributed by atoms with Crippen molar-refractivity contribution in [3.05, 3.63) is 64.1 Å². The Morgan fingerprint density at radius 3 is 2.23 bits per heavy atom. The summed E-state index contributed by atoms with van der Waals surface area (Å²) in [5, 5.41) is 9.11. The highest BCUT2D eigenvalue weighted by molar-refractivity contribution is 9.10. The Morgan fingerprint density at radius 2 is 1.65 bits per heavy atom. The van der Waals surface area contributed by atoms with Crippen LogP contribution in [0.3, 0.4) is 0 Å². The Bertz CT molecular complexity index is 807. The Balaban J connectivity index is 1.99. The molecule has 2 aromatic rings. The highest BCUT2D eigenvalue weighted by atomic mass is 79.9. The van der Waals surface area contributed by atoms with Gasteiger partial charge in [0.15, 0.2) is 6.10 Å². The number of ether oxygens (including phenoxy) is 1. The van der Waals surface area contributed by atoms with Crippen molar-refractivity contribution < 1.29 is 24.2 Å². The molecule has 0 aromatic heterocycles. The van der Waals surface area contributed by atoms with E-state index in [-0.39, 0.29) is 11.1 Å². The number of hydrogen-bond acceptors (Lipinski definition) is 4. The third-order valence-electron chi connectivity index (χ3n) is 3.46. The number of carbonyl (C=O) groups excluding carboxylic acids is 2. The van der Waals surface area contributed by atoms with Gasteiger partial charge in [-0.05, 0) is 42.8 Å². The predicted molar refractivity (Wildman–Crippen MR) is 97.9 cm³/mol. The van der Waals surface area contributed by atoms with E-state index in [1.54, 1.807) is 31.2 Å². The van der Waals surface area contributed by atoms with E-state index in [0.717, 1.165) is 4.47 Å². The van der Waals surface area contributed by atoms with Gasteiger partial charge in [0.2, 0.25) is 0 Å². The zero-order chi connectivity index (χ0) is 19.1. The van der Waals surface area contributed by atoms with Crippen molar-refractivity contribution in [3.63, 3.8) is 0 Å². The lowest BCUT2D eigenvalue weighted by Gasteiger charge is -2.17. The van der Waals surface area contributed by atoms with E-state index in [9.17, 15) is 14.4 Å². The minimum atomic E-state index is -1.23. The molecule has 0 heterocycles. The Kier molecular flexibility index (Phi) is 6.74. The molecule has 2 aromatic carbocycles. The molecular weight excluding hydrogens is 404 g/mol. The third-order valence-corrected chi connectivity index (χ3v) is 3.99. The van der Waals surface area contributed by atoms with Crippen molar-refractivity contribution in [2.45, 2.75) is 19.4 Å². The van der Waals surface area contributed by atoms with Crippen LogP contribution >= 0.6 is 15.9 Å². The predicted octanol–water partition coefficient (Wildman–Crippen LogP) is 2.77. The number of aromatic carboxylic acids is 1. The second-order valence-corrected chi connectivity index (χ2v) is 6.18. The van der Waals surface area contributed by atoms with E-state index in [1.807, 2.05) is 0 Å². The van der Waals surface area contributed by atoms with Gasteiger partial charge in [0, 0.05) is 4.47 Å². The fourth-order valence-corrected chi connectivity index (χ4v) is 2.40. The number of amides is 2. The molecule has 0 aliphatic rings. The van der Waals surface area contributed by atoms with Crippen molar-refractivity contribution >= 4 is 33.7 Å². The van der Waals surface area contributed by atoms with Crippen LogP contribution in [0, 0.1) is 0 Å². The van der Waals surface area contributed by atoms with Gasteiger partial charge in [-0.3, -0.25) is 20.4 Å². The summed E-state index contributed by atoms with van der Waals surface area (Å²) in [4.78, 5) is 35.5. The lowest BCUT2D eigenvalue weighted by atomic mass is 10.1. The summed E-state index contributed by atoms with van der Waals surface area (Å²) >= 11 is 3.31. The molecule has 0 spiro atoms. The van der Waals surface area contributed by atoms with Crippen molar-refractivity contribution in [2.24, 2.45) is 0 Å². The molecule has 0 aliphatic carbocycles. The molecule has 7 nitrogen and oxygen atoms in total. The lowest BCUT2D eigenvalue weighted by Crippen LogP contribution is -2.48. The number of carbonyl (C=O) groups is 3. The molecule has 0 fully saturated rings. The summed E-state index contributed by atoms with van der Waals surface area (Å²) in [5.74, 6) is -1.99. The van der Waals surface area contributed by atoms with Crippen LogP contribution in [0.4, 0.5) is 0 Å². The molecule has 0 bridgehead atoms. The molecule has 2 amide bonds. The second-order valence-electron chi connectivity index (χ2n) is 5.26. The van der Waals surface area contributed by atoms with E-state index >= 15 is 0 Å². The number of carboxylic acid groups (broad SMARTS) is 1. The van der Waals surface area contributed by atoms with Crippen LogP contribution in [-0.2, 0) is 4.79 Å². The zero-order valence-corrected chi connectivity index (χ0v) is 15.4. The van der Waals surface area contributed by atoms with E-state index in [0.29, 0.717) is 12.2 Å². The van der Waals surface area contributed by atoms with Crippen LogP contribution in [0.1, 0.15) is 34.1 Å². The molecule has 8 heteroatoms. The van der Waals surface area contributed by atoms with Crippen molar-refractivity contribution in [3.8, 4) is 5.75 Å².